The molecular formula is C23H28N4O. The largest absolute Gasteiger partial charge is 0.383 e. The van der Waals surface area contributed by atoms with E-state index in [0.717, 1.165) is 23.6 Å². The normalized spacial score (nSPS) is 10.9. The molecule has 3 rings (SSSR count). The smallest absolute Gasteiger partial charge is 0.225 e. The van der Waals surface area contributed by atoms with E-state index in [-0.39, 0.29) is 0 Å². The molecule has 146 valence electrons. The summed E-state index contributed by atoms with van der Waals surface area (Å²) in [7, 11) is 1.69. The molecule has 5 nitrogen and oxygen atoms in total. The molecule has 0 unspecified atom stereocenters. The van der Waals surface area contributed by atoms with Gasteiger partial charge in [-0.15, -0.1) is 0 Å². The summed E-state index contributed by atoms with van der Waals surface area (Å²) in [6, 6.07) is 23.0. The second-order valence-corrected chi connectivity index (χ2v) is 6.93. The van der Waals surface area contributed by atoms with Crippen molar-refractivity contribution < 1.29 is 4.74 Å². The average molecular weight is 377 g/mol. The third-order valence-corrected chi connectivity index (χ3v) is 4.48. The number of hydrogen-bond donors (Lipinski definition) is 1. The molecule has 5 heteroatoms. The number of aromatic nitrogens is 2. The summed E-state index contributed by atoms with van der Waals surface area (Å²) in [6.07, 6.45) is 0. The number of hydrogen-bond acceptors (Lipinski definition) is 5. The lowest BCUT2D eigenvalue weighted by atomic mass is 10.1. The van der Waals surface area contributed by atoms with Gasteiger partial charge in [0.1, 0.15) is 5.82 Å². The van der Waals surface area contributed by atoms with E-state index >= 15 is 0 Å². The van der Waals surface area contributed by atoms with E-state index < -0.39 is 0 Å². The molecule has 0 aliphatic heterocycles. The summed E-state index contributed by atoms with van der Waals surface area (Å²) < 4.78 is 5.14. The van der Waals surface area contributed by atoms with Crippen molar-refractivity contribution >= 4 is 11.8 Å². The first kappa shape index (κ1) is 19.8. The molecule has 0 bridgehead atoms. The fourth-order valence-corrected chi connectivity index (χ4v) is 2.99. The summed E-state index contributed by atoms with van der Waals surface area (Å²) in [5, 5.41) is 3.28. The average Bonchev–Trinajstić information content (AvgIpc) is 2.73. The number of benzene rings is 2. The highest BCUT2D eigenvalue weighted by Crippen LogP contribution is 2.26. The highest BCUT2D eigenvalue weighted by molar-refractivity contribution is 5.65. The highest BCUT2D eigenvalue weighted by Gasteiger charge is 2.16. The van der Waals surface area contributed by atoms with E-state index in [1.165, 1.54) is 5.56 Å². The minimum absolute atomic E-state index is 0.297. The Morgan fingerprint density at radius 2 is 1.64 bits per heavy atom. The van der Waals surface area contributed by atoms with Crippen molar-refractivity contribution in [2.24, 2.45) is 0 Å². The van der Waals surface area contributed by atoms with Gasteiger partial charge in [-0.1, -0.05) is 60.7 Å². The quantitative estimate of drug-likeness (QED) is 0.552. The molecule has 0 amide bonds. The van der Waals surface area contributed by atoms with Crippen LogP contribution in [0.4, 0.5) is 11.8 Å². The second-order valence-electron chi connectivity index (χ2n) is 6.93. The standard InChI is InChI=1S/C23H28N4O/c1-18(2)27(17-19-10-6-4-7-11-19)22-16-21(20-12-8-5-9-13-20)25-23(26-22)24-14-15-28-3/h4-13,16,18H,14-15,17H2,1-3H3,(H,24,25,26). The molecule has 3 aromatic rings. The Labute approximate surface area is 167 Å². The Balaban J connectivity index is 1.97. The molecule has 1 heterocycles. The van der Waals surface area contributed by atoms with Gasteiger partial charge in [-0.3, -0.25) is 0 Å². The van der Waals surface area contributed by atoms with E-state index in [9.17, 15) is 0 Å². The van der Waals surface area contributed by atoms with E-state index in [1.807, 2.05) is 24.3 Å². The van der Waals surface area contributed by atoms with Crippen LogP contribution >= 0.6 is 0 Å². The van der Waals surface area contributed by atoms with Crippen LogP contribution in [0.25, 0.3) is 11.3 Å². The molecule has 0 spiro atoms. The van der Waals surface area contributed by atoms with Gasteiger partial charge < -0.3 is 15.0 Å². The first-order chi connectivity index (χ1) is 13.7. The van der Waals surface area contributed by atoms with Gasteiger partial charge >= 0.3 is 0 Å². The van der Waals surface area contributed by atoms with Gasteiger partial charge in [0, 0.05) is 37.9 Å². The van der Waals surface area contributed by atoms with Crippen molar-refractivity contribution in [1.29, 1.82) is 0 Å². The molecule has 28 heavy (non-hydrogen) atoms. The first-order valence-electron chi connectivity index (χ1n) is 9.65. The molecule has 1 N–H and O–H groups in total. The Hall–Kier alpha value is -2.92. The van der Waals surface area contributed by atoms with E-state index in [2.05, 4.69) is 66.5 Å². The van der Waals surface area contributed by atoms with Crippen LogP contribution in [0.3, 0.4) is 0 Å². The van der Waals surface area contributed by atoms with Crippen molar-refractivity contribution in [3.05, 3.63) is 72.3 Å². The fraction of sp³-hybridized carbons (Fsp3) is 0.304. The number of nitrogens with one attached hydrogen (secondary N) is 1. The third kappa shape index (κ3) is 5.30. The van der Waals surface area contributed by atoms with Gasteiger partial charge in [-0.2, -0.15) is 4.98 Å². The lowest BCUT2D eigenvalue weighted by Crippen LogP contribution is -2.31. The number of anilines is 2. The maximum Gasteiger partial charge on any atom is 0.225 e. The van der Waals surface area contributed by atoms with E-state index in [4.69, 9.17) is 14.7 Å². The summed E-state index contributed by atoms with van der Waals surface area (Å²) in [4.78, 5) is 11.8. The molecule has 0 aliphatic rings. The van der Waals surface area contributed by atoms with Crippen LogP contribution in [0.5, 0.6) is 0 Å². The summed E-state index contributed by atoms with van der Waals surface area (Å²) in [5.41, 5.74) is 3.23. The molecule has 1 aromatic heterocycles. The molecule has 0 fully saturated rings. The molecular weight excluding hydrogens is 348 g/mol. The van der Waals surface area contributed by atoms with Gasteiger partial charge in [0.2, 0.25) is 5.95 Å². The Kier molecular flexibility index (Phi) is 6.98. The molecule has 0 saturated heterocycles. The minimum Gasteiger partial charge on any atom is -0.383 e. The molecule has 2 aromatic carbocycles. The van der Waals surface area contributed by atoms with Crippen LogP contribution in [-0.4, -0.2) is 36.3 Å². The minimum atomic E-state index is 0.297. The van der Waals surface area contributed by atoms with Gasteiger partial charge in [-0.05, 0) is 19.4 Å². The van der Waals surface area contributed by atoms with E-state index in [0.29, 0.717) is 25.1 Å². The number of nitrogens with zero attached hydrogens (tertiary/aromatic N) is 3. The zero-order valence-electron chi connectivity index (χ0n) is 16.8. The van der Waals surface area contributed by atoms with Crippen molar-refractivity contribution in [2.45, 2.75) is 26.4 Å². The molecule has 0 atom stereocenters. The summed E-state index contributed by atoms with van der Waals surface area (Å²) >= 11 is 0. The molecule has 0 radical (unpaired) electrons. The topological polar surface area (TPSA) is 50.3 Å². The van der Waals surface area contributed by atoms with Crippen LogP contribution in [0.1, 0.15) is 19.4 Å². The summed E-state index contributed by atoms with van der Waals surface area (Å²) in [6.45, 7) is 6.43. The zero-order chi connectivity index (χ0) is 19.8. The highest BCUT2D eigenvalue weighted by atomic mass is 16.5. The lowest BCUT2D eigenvalue weighted by molar-refractivity contribution is 0.210. The third-order valence-electron chi connectivity index (χ3n) is 4.48. The van der Waals surface area contributed by atoms with Crippen molar-refractivity contribution in [1.82, 2.24) is 9.97 Å². The van der Waals surface area contributed by atoms with Crippen molar-refractivity contribution in [2.75, 3.05) is 30.5 Å². The fourth-order valence-electron chi connectivity index (χ4n) is 2.99. The maximum atomic E-state index is 5.14. The van der Waals surface area contributed by atoms with Crippen LogP contribution < -0.4 is 10.2 Å². The van der Waals surface area contributed by atoms with Crippen LogP contribution in [0.2, 0.25) is 0 Å². The van der Waals surface area contributed by atoms with Crippen LogP contribution in [0.15, 0.2) is 66.7 Å². The zero-order valence-corrected chi connectivity index (χ0v) is 16.8. The van der Waals surface area contributed by atoms with Gasteiger partial charge in [0.15, 0.2) is 0 Å². The number of rotatable bonds is 9. The summed E-state index contributed by atoms with van der Waals surface area (Å²) in [5.74, 6) is 1.53. The number of ether oxygens (including phenoxy) is 1. The Bertz CT molecular complexity index is 853. The maximum absolute atomic E-state index is 5.14. The van der Waals surface area contributed by atoms with Crippen molar-refractivity contribution in [3.8, 4) is 11.3 Å². The second kappa shape index (κ2) is 9.85. The monoisotopic (exact) mass is 376 g/mol. The predicted molar refractivity (Wildman–Crippen MR) is 116 cm³/mol. The van der Waals surface area contributed by atoms with Gasteiger partial charge in [0.25, 0.3) is 0 Å². The Morgan fingerprint density at radius 3 is 2.29 bits per heavy atom. The number of methoxy groups -OCH3 is 1. The van der Waals surface area contributed by atoms with Crippen LogP contribution in [0, 0.1) is 0 Å². The SMILES string of the molecule is COCCNc1nc(-c2ccccc2)cc(N(Cc2ccccc2)C(C)C)n1. The van der Waals surface area contributed by atoms with Crippen LogP contribution in [-0.2, 0) is 11.3 Å². The van der Waals surface area contributed by atoms with Gasteiger partial charge in [0.05, 0.1) is 12.3 Å². The van der Waals surface area contributed by atoms with E-state index in [1.54, 1.807) is 7.11 Å². The molecule has 0 saturated carbocycles. The van der Waals surface area contributed by atoms with Crippen molar-refractivity contribution in [3.63, 3.8) is 0 Å². The van der Waals surface area contributed by atoms with Gasteiger partial charge in [-0.25, -0.2) is 4.98 Å². The first-order valence-corrected chi connectivity index (χ1v) is 9.65. The predicted octanol–water partition coefficient (Wildman–Crippen LogP) is 4.62. The molecule has 0 aliphatic carbocycles. The Morgan fingerprint density at radius 1 is 0.964 bits per heavy atom. The lowest BCUT2D eigenvalue weighted by Gasteiger charge is -2.28.